The van der Waals surface area contributed by atoms with Crippen molar-refractivity contribution in [2.45, 2.75) is 32.9 Å². The number of pyridine rings is 1. The van der Waals surface area contributed by atoms with Gasteiger partial charge in [-0.1, -0.05) is 6.58 Å². The van der Waals surface area contributed by atoms with E-state index in [2.05, 4.69) is 27.2 Å². The number of amides is 1. The van der Waals surface area contributed by atoms with E-state index < -0.39 is 11.7 Å². The molecule has 6 nitrogen and oxygen atoms in total. The molecule has 0 aliphatic heterocycles. The van der Waals surface area contributed by atoms with Crippen LogP contribution in [0.3, 0.4) is 0 Å². The normalized spacial score (nSPS) is 11.2. The van der Waals surface area contributed by atoms with Crippen LogP contribution >= 0.6 is 0 Å². The predicted molar refractivity (Wildman–Crippen MR) is 81.4 cm³/mol. The van der Waals surface area contributed by atoms with E-state index in [4.69, 9.17) is 4.74 Å². The molecular formula is C15H20N4O2. The molecule has 0 saturated heterocycles. The van der Waals surface area contributed by atoms with Crippen LogP contribution in [0.4, 0.5) is 4.79 Å². The third kappa shape index (κ3) is 4.24. The highest BCUT2D eigenvalue weighted by molar-refractivity contribution is 5.79. The average Bonchev–Trinajstić information content (AvgIpc) is 2.77. The summed E-state index contributed by atoms with van der Waals surface area (Å²) in [7, 11) is 0. The standard InChI is InChI=1S/C15H20N4O2/c1-10(19-14(20)21-15(2,3)4)17-8-11-9-18-13-12(11)6-5-7-16-13/h5-7,9,17H,1,8H2,2-4H3,(H,16,18)(H,19,20). The summed E-state index contributed by atoms with van der Waals surface area (Å²) in [6.07, 6.45) is 3.09. The van der Waals surface area contributed by atoms with Crippen LogP contribution in [-0.4, -0.2) is 21.7 Å². The van der Waals surface area contributed by atoms with Gasteiger partial charge >= 0.3 is 6.09 Å². The van der Waals surface area contributed by atoms with Crippen molar-refractivity contribution >= 4 is 17.1 Å². The Balaban J connectivity index is 1.88. The van der Waals surface area contributed by atoms with E-state index in [0.29, 0.717) is 12.4 Å². The zero-order valence-electron chi connectivity index (χ0n) is 12.5. The fraction of sp³-hybridized carbons (Fsp3) is 0.333. The lowest BCUT2D eigenvalue weighted by molar-refractivity contribution is 0.0542. The van der Waals surface area contributed by atoms with Crippen molar-refractivity contribution in [2.75, 3.05) is 0 Å². The Morgan fingerprint density at radius 2 is 2.24 bits per heavy atom. The number of fused-ring (bicyclic) bond motifs is 1. The summed E-state index contributed by atoms with van der Waals surface area (Å²) >= 11 is 0. The van der Waals surface area contributed by atoms with Crippen molar-refractivity contribution in [3.63, 3.8) is 0 Å². The molecule has 2 rings (SSSR count). The minimum absolute atomic E-state index is 0.391. The van der Waals surface area contributed by atoms with E-state index in [-0.39, 0.29) is 0 Å². The molecular weight excluding hydrogens is 268 g/mol. The highest BCUT2D eigenvalue weighted by Crippen LogP contribution is 2.15. The maximum absolute atomic E-state index is 11.6. The Morgan fingerprint density at radius 1 is 1.48 bits per heavy atom. The maximum Gasteiger partial charge on any atom is 0.413 e. The predicted octanol–water partition coefficient (Wildman–Crippen LogP) is 2.65. The second kappa shape index (κ2) is 5.87. The van der Waals surface area contributed by atoms with Gasteiger partial charge in [-0.15, -0.1) is 0 Å². The lowest BCUT2D eigenvalue weighted by Gasteiger charge is -2.20. The topological polar surface area (TPSA) is 79.0 Å². The minimum atomic E-state index is -0.535. The highest BCUT2D eigenvalue weighted by atomic mass is 16.6. The molecule has 2 aromatic heterocycles. The van der Waals surface area contributed by atoms with Crippen molar-refractivity contribution in [3.8, 4) is 0 Å². The number of H-pyrrole nitrogens is 1. The van der Waals surface area contributed by atoms with Crippen LogP contribution in [0.25, 0.3) is 11.0 Å². The lowest BCUT2D eigenvalue weighted by Crippen LogP contribution is -2.35. The number of rotatable bonds is 4. The van der Waals surface area contributed by atoms with Gasteiger partial charge in [-0.2, -0.15) is 0 Å². The largest absolute Gasteiger partial charge is 0.444 e. The van der Waals surface area contributed by atoms with Gasteiger partial charge in [-0.25, -0.2) is 9.78 Å². The first-order valence-corrected chi connectivity index (χ1v) is 6.69. The molecule has 0 unspecified atom stereocenters. The summed E-state index contributed by atoms with van der Waals surface area (Å²) in [6.45, 7) is 9.71. The van der Waals surface area contributed by atoms with Gasteiger partial charge in [-0.05, 0) is 38.5 Å². The molecule has 0 atom stereocenters. The zero-order valence-corrected chi connectivity index (χ0v) is 12.5. The molecule has 0 fully saturated rings. The smallest absolute Gasteiger partial charge is 0.413 e. The van der Waals surface area contributed by atoms with Crippen molar-refractivity contribution < 1.29 is 9.53 Å². The molecule has 1 amide bonds. The molecule has 0 aliphatic rings. The molecule has 0 radical (unpaired) electrons. The van der Waals surface area contributed by atoms with E-state index in [0.717, 1.165) is 16.6 Å². The van der Waals surface area contributed by atoms with E-state index >= 15 is 0 Å². The molecule has 0 aromatic carbocycles. The summed E-state index contributed by atoms with van der Waals surface area (Å²) in [5.74, 6) is 0.391. The average molecular weight is 288 g/mol. The van der Waals surface area contributed by atoms with Crippen molar-refractivity contribution in [1.82, 2.24) is 20.6 Å². The van der Waals surface area contributed by atoms with E-state index in [1.165, 1.54) is 0 Å². The number of aromatic nitrogens is 2. The second-order valence-electron chi connectivity index (χ2n) is 5.67. The molecule has 21 heavy (non-hydrogen) atoms. The SMILES string of the molecule is C=C(NCc1c[nH]c2ncccc12)NC(=O)OC(C)(C)C. The Bertz CT molecular complexity index is 655. The molecule has 0 bridgehead atoms. The zero-order chi connectivity index (χ0) is 15.5. The van der Waals surface area contributed by atoms with Crippen LogP contribution in [0.1, 0.15) is 26.3 Å². The van der Waals surface area contributed by atoms with Gasteiger partial charge in [0.25, 0.3) is 0 Å². The monoisotopic (exact) mass is 288 g/mol. The van der Waals surface area contributed by atoms with E-state index in [9.17, 15) is 4.79 Å². The van der Waals surface area contributed by atoms with Crippen molar-refractivity contribution in [1.29, 1.82) is 0 Å². The van der Waals surface area contributed by atoms with Gasteiger partial charge in [0, 0.05) is 24.3 Å². The molecule has 112 valence electrons. The molecule has 0 aliphatic carbocycles. The number of ether oxygens (including phenoxy) is 1. The molecule has 0 saturated carbocycles. The van der Waals surface area contributed by atoms with Gasteiger partial charge in [0.1, 0.15) is 17.1 Å². The third-order valence-corrected chi connectivity index (χ3v) is 2.68. The summed E-state index contributed by atoms with van der Waals surface area (Å²) in [5.41, 5.74) is 1.35. The van der Waals surface area contributed by atoms with Crippen LogP contribution in [0.5, 0.6) is 0 Å². The lowest BCUT2D eigenvalue weighted by atomic mass is 10.2. The van der Waals surface area contributed by atoms with Crippen molar-refractivity contribution in [2.24, 2.45) is 0 Å². The number of nitrogens with one attached hydrogen (secondary N) is 3. The Kier molecular flexibility index (Phi) is 4.16. The van der Waals surface area contributed by atoms with Gasteiger partial charge in [0.2, 0.25) is 0 Å². The summed E-state index contributed by atoms with van der Waals surface area (Å²) in [5, 5.41) is 6.63. The van der Waals surface area contributed by atoms with Gasteiger partial charge in [0.05, 0.1) is 0 Å². The van der Waals surface area contributed by atoms with Crippen LogP contribution in [-0.2, 0) is 11.3 Å². The number of alkyl carbamates (subject to hydrolysis) is 1. The van der Waals surface area contributed by atoms with Gasteiger partial charge < -0.3 is 15.0 Å². The highest BCUT2D eigenvalue weighted by Gasteiger charge is 2.16. The molecule has 3 N–H and O–H groups in total. The summed E-state index contributed by atoms with van der Waals surface area (Å²) in [4.78, 5) is 18.9. The van der Waals surface area contributed by atoms with E-state index in [1.54, 1.807) is 6.20 Å². The quantitative estimate of drug-likeness (QED) is 0.808. The fourth-order valence-corrected chi connectivity index (χ4v) is 1.83. The first-order chi connectivity index (χ1) is 9.85. The fourth-order valence-electron chi connectivity index (χ4n) is 1.83. The Morgan fingerprint density at radius 3 is 2.95 bits per heavy atom. The first kappa shape index (κ1) is 14.9. The van der Waals surface area contributed by atoms with Crippen LogP contribution in [0, 0.1) is 0 Å². The molecule has 6 heteroatoms. The van der Waals surface area contributed by atoms with Crippen molar-refractivity contribution in [3.05, 3.63) is 42.5 Å². The number of aromatic amines is 1. The molecule has 2 aromatic rings. The number of nitrogens with zero attached hydrogens (tertiary/aromatic N) is 1. The van der Waals surface area contributed by atoms with Gasteiger partial charge in [-0.3, -0.25) is 5.32 Å². The minimum Gasteiger partial charge on any atom is -0.444 e. The van der Waals surface area contributed by atoms with Crippen LogP contribution < -0.4 is 10.6 Å². The number of carbonyl (C=O) groups is 1. The van der Waals surface area contributed by atoms with E-state index in [1.807, 2.05) is 39.1 Å². The first-order valence-electron chi connectivity index (χ1n) is 6.69. The molecule has 0 spiro atoms. The second-order valence-corrected chi connectivity index (χ2v) is 5.67. The Hall–Kier alpha value is -2.50. The Labute approximate surface area is 123 Å². The van der Waals surface area contributed by atoms with Crippen LogP contribution in [0.2, 0.25) is 0 Å². The summed E-state index contributed by atoms with van der Waals surface area (Å²) < 4.78 is 5.15. The summed E-state index contributed by atoms with van der Waals surface area (Å²) in [6, 6.07) is 3.87. The van der Waals surface area contributed by atoms with Gasteiger partial charge in [0.15, 0.2) is 0 Å². The number of carbonyl (C=O) groups excluding carboxylic acids is 1. The maximum atomic E-state index is 11.6. The van der Waals surface area contributed by atoms with Crippen LogP contribution in [0.15, 0.2) is 36.9 Å². The number of hydrogen-bond donors (Lipinski definition) is 3. The number of hydrogen-bond acceptors (Lipinski definition) is 4. The third-order valence-electron chi connectivity index (χ3n) is 2.68. The molecule has 2 heterocycles.